The lowest BCUT2D eigenvalue weighted by Crippen LogP contribution is -2.35. The summed E-state index contributed by atoms with van der Waals surface area (Å²) < 4.78 is 31.8. The molecule has 0 radical (unpaired) electrons. The second-order valence-corrected chi connectivity index (χ2v) is 6.90. The normalized spacial score (nSPS) is 15.3. The molecular formula is C20H20F2N4O. The number of aromatic nitrogens is 3. The van der Waals surface area contributed by atoms with E-state index in [4.69, 9.17) is 4.52 Å². The van der Waals surface area contributed by atoms with Gasteiger partial charge in [-0.15, -0.1) is 0 Å². The zero-order chi connectivity index (χ0) is 18.8. The lowest BCUT2D eigenvalue weighted by molar-refractivity contribution is 0.400. The summed E-state index contributed by atoms with van der Waals surface area (Å²) in [5, 5.41) is 3.86. The van der Waals surface area contributed by atoms with Crippen molar-refractivity contribution in [3.8, 4) is 11.5 Å². The molecule has 1 fully saturated rings. The average molecular weight is 370 g/mol. The molecule has 1 aliphatic rings. The lowest BCUT2D eigenvalue weighted by Gasteiger charge is -2.33. The molecule has 0 N–H and O–H groups in total. The molecule has 5 nitrogen and oxygen atoms in total. The molecule has 0 atom stereocenters. The number of hydrogen-bond donors (Lipinski definition) is 0. The fourth-order valence-electron chi connectivity index (χ4n) is 3.57. The van der Waals surface area contributed by atoms with E-state index >= 15 is 0 Å². The van der Waals surface area contributed by atoms with Gasteiger partial charge < -0.3 is 9.42 Å². The molecule has 1 aliphatic heterocycles. The molecule has 1 aromatic carbocycles. The van der Waals surface area contributed by atoms with E-state index in [2.05, 4.69) is 20.0 Å². The van der Waals surface area contributed by atoms with E-state index < -0.39 is 11.6 Å². The molecule has 2 aromatic heterocycles. The van der Waals surface area contributed by atoms with E-state index in [0.717, 1.165) is 49.3 Å². The molecule has 7 heteroatoms. The molecule has 0 saturated carbocycles. The maximum atomic E-state index is 13.4. The molecule has 0 aliphatic carbocycles. The maximum Gasteiger partial charge on any atom is 0.261 e. The summed E-state index contributed by atoms with van der Waals surface area (Å²) in [5.41, 5.74) is 1.67. The van der Waals surface area contributed by atoms with Crippen LogP contribution in [0.15, 0.2) is 41.1 Å². The Labute approximate surface area is 156 Å². The van der Waals surface area contributed by atoms with Crippen LogP contribution in [-0.4, -0.2) is 28.2 Å². The highest BCUT2D eigenvalue weighted by Gasteiger charge is 2.24. The summed E-state index contributed by atoms with van der Waals surface area (Å²) in [6.07, 6.45) is 4.42. The maximum absolute atomic E-state index is 13.4. The Bertz CT molecular complexity index is 935. The topological polar surface area (TPSA) is 55.1 Å². The van der Waals surface area contributed by atoms with Gasteiger partial charge in [0.25, 0.3) is 5.89 Å². The van der Waals surface area contributed by atoms with Gasteiger partial charge in [0.15, 0.2) is 17.5 Å². The molecule has 4 rings (SSSR count). The fraction of sp³-hybridized carbons (Fsp3) is 0.350. The van der Waals surface area contributed by atoms with Crippen molar-refractivity contribution in [1.82, 2.24) is 15.1 Å². The van der Waals surface area contributed by atoms with Crippen molar-refractivity contribution in [3.63, 3.8) is 0 Å². The highest BCUT2D eigenvalue weighted by Crippen LogP contribution is 2.31. The number of benzene rings is 1. The Balaban J connectivity index is 1.44. The SMILES string of the molecule is Cc1noc(-c2cccnc2N2CCC(Cc3ccc(F)c(F)c3)CC2)n1. The molecule has 0 amide bonds. The van der Waals surface area contributed by atoms with Gasteiger partial charge in [-0.1, -0.05) is 11.2 Å². The predicted molar refractivity (Wildman–Crippen MR) is 97.3 cm³/mol. The van der Waals surface area contributed by atoms with Crippen LogP contribution in [0.2, 0.25) is 0 Å². The third-order valence-electron chi connectivity index (χ3n) is 4.97. The Morgan fingerprint density at radius 2 is 1.96 bits per heavy atom. The lowest BCUT2D eigenvalue weighted by atomic mass is 9.90. The number of hydrogen-bond acceptors (Lipinski definition) is 5. The molecular weight excluding hydrogens is 350 g/mol. The van der Waals surface area contributed by atoms with Crippen molar-refractivity contribution < 1.29 is 13.3 Å². The Kier molecular flexibility index (Phi) is 4.83. The first-order valence-electron chi connectivity index (χ1n) is 9.05. The van der Waals surface area contributed by atoms with Crippen LogP contribution in [-0.2, 0) is 6.42 Å². The number of halogens is 2. The summed E-state index contributed by atoms with van der Waals surface area (Å²) in [5.74, 6) is 0.756. The quantitative estimate of drug-likeness (QED) is 0.690. The molecule has 140 valence electrons. The van der Waals surface area contributed by atoms with Gasteiger partial charge in [0, 0.05) is 19.3 Å². The number of pyridine rings is 1. The summed E-state index contributed by atoms with van der Waals surface area (Å²) in [7, 11) is 0. The first kappa shape index (κ1) is 17.6. The second-order valence-electron chi connectivity index (χ2n) is 6.90. The van der Waals surface area contributed by atoms with E-state index in [9.17, 15) is 8.78 Å². The van der Waals surface area contributed by atoms with E-state index in [1.807, 2.05) is 12.1 Å². The largest absolute Gasteiger partial charge is 0.356 e. The van der Waals surface area contributed by atoms with Crippen molar-refractivity contribution in [3.05, 3.63) is 59.6 Å². The average Bonchev–Trinajstić information content (AvgIpc) is 3.12. The minimum absolute atomic E-state index is 0.434. The highest BCUT2D eigenvalue weighted by molar-refractivity contribution is 5.69. The summed E-state index contributed by atoms with van der Waals surface area (Å²) >= 11 is 0. The van der Waals surface area contributed by atoms with Crippen LogP contribution in [0.1, 0.15) is 24.2 Å². The molecule has 27 heavy (non-hydrogen) atoms. The van der Waals surface area contributed by atoms with Crippen molar-refractivity contribution in [1.29, 1.82) is 0 Å². The zero-order valence-electron chi connectivity index (χ0n) is 15.0. The summed E-state index contributed by atoms with van der Waals surface area (Å²) in [6, 6.07) is 7.96. The number of piperidine rings is 1. The van der Waals surface area contributed by atoms with E-state index in [1.54, 1.807) is 19.2 Å². The van der Waals surface area contributed by atoms with Gasteiger partial charge in [0.1, 0.15) is 5.82 Å². The second kappa shape index (κ2) is 7.42. The minimum atomic E-state index is -0.799. The fourth-order valence-corrected chi connectivity index (χ4v) is 3.57. The van der Waals surface area contributed by atoms with Crippen LogP contribution in [0.3, 0.4) is 0 Å². The molecule has 3 aromatic rings. The van der Waals surface area contributed by atoms with Crippen LogP contribution in [0.5, 0.6) is 0 Å². The molecule has 0 unspecified atom stereocenters. The Morgan fingerprint density at radius 1 is 1.15 bits per heavy atom. The van der Waals surface area contributed by atoms with Crippen molar-refractivity contribution >= 4 is 5.82 Å². The molecule has 0 spiro atoms. The zero-order valence-corrected chi connectivity index (χ0v) is 15.0. The van der Waals surface area contributed by atoms with Gasteiger partial charge in [-0.25, -0.2) is 13.8 Å². The number of nitrogens with zero attached hydrogens (tertiary/aromatic N) is 4. The van der Waals surface area contributed by atoms with Crippen LogP contribution < -0.4 is 4.90 Å². The standard InChI is InChI=1S/C20H20F2N4O/c1-13-24-20(27-25-13)16-3-2-8-23-19(16)26-9-6-14(7-10-26)11-15-4-5-17(21)18(22)12-15/h2-5,8,12,14H,6-7,9-11H2,1H3. The first-order chi connectivity index (χ1) is 13.1. The van der Waals surface area contributed by atoms with Crippen LogP contribution in [0, 0.1) is 24.5 Å². The van der Waals surface area contributed by atoms with E-state index in [0.29, 0.717) is 17.6 Å². The Morgan fingerprint density at radius 3 is 2.67 bits per heavy atom. The first-order valence-corrected chi connectivity index (χ1v) is 9.05. The van der Waals surface area contributed by atoms with E-state index in [-0.39, 0.29) is 0 Å². The Hall–Kier alpha value is -2.83. The smallest absolute Gasteiger partial charge is 0.261 e. The van der Waals surface area contributed by atoms with Gasteiger partial charge in [-0.05, 0) is 61.9 Å². The third kappa shape index (κ3) is 3.82. The number of anilines is 1. The van der Waals surface area contributed by atoms with Gasteiger partial charge >= 0.3 is 0 Å². The van der Waals surface area contributed by atoms with Crippen LogP contribution in [0.25, 0.3) is 11.5 Å². The number of rotatable bonds is 4. The monoisotopic (exact) mass is 370 g/mol. The summed E-state index contributed by atoms with van der Waals surface area (Å²) in [6.45, 7) is 3.46. The molecule has 1 saturated heterocycles. The summed E-state index contributed by atoms with van der Waals surface area (Å²) in [4.78, 5) is 11.1. The van der Waals surface area contributed by atoms with Gasteiger partial charge in [0.2, 0.25) is 0 Å². The predicted octanol–water partition coefficient (Wildman–Crippen LogP) is 4.18. The minimum Gasteiger partial charge on any atom is -0.356 e. The van der Waals surface area contributed by atoms with Gasteiger partial charge in [-0.2, -0.15) is 4.98 Å². The van der Waals surface area contributed by atoms with Crippen molar-refractivity contribution in [2.24, 2.45) is 5.92 Å². The van der Waals surface area contributed by atoms with E-state index in [1.165, 1.54) is 12.1 Å². The van der Waals surface area contributed by atoms with Gasteiger partial charge in [0.05, 0.1) is 5.56 Å². The van der Waals surface area contributed by atoms with Crippen LogP contribution in [0.4, 0.5) is 14.6 Å². The molecule has 3 heterocycles. The molecule has 0 bridgehead atoms. The highest BCUT2D eigenvalue weighted by atomic mass is 19.2. The van der Waals surface area contributed by atoms with Gasteiger partial charge in [-0.3, -0.25) is 0 Å². The van der Waals surface area contributed by atoms with Crippen LogP contribution >= 0.6 is 0 Å². The van der Waals surface area contributed by atoms with Crippen molar-refractivity contribution in [2.75, 3.05) is 18.0 Å². The van der Waals surface area contributed by atoms with Crippen molar-refractivity contribution in [2.45, 2.75) is 26.2 Å². The number of aryl methyl sites for hydroxylation is 1. The third-order valence-corrected chi connectivity index (χ3v) is 4.97.